The van der Waals surface area contributed by atoms with Crippen LogP contribution in [0.15, 0.2) is 11.0 Å². The lowest BCUT2D eigenvalue weighted by Crippen LogP contribution is -2.26. The van der Waals surface area contributed by atoms with Crippen LogP contribution in [0.1, 0.15) is 23.5 Å². The lowest BCUT2D eigenvalue weighted by molar-refractivity contribution is -0.117. The number of nitrogens with one attached hydrogen (secondary N) is 1. The van der Waals surface area contributed by atoms with E-state index in [0.29, 0.717) is 5.69 Å². The van der Waals surface area contributed by atoms with Crippen LogP contribution in [-0.4, -0.2) is 16.9 Å². The van der Waals surface area contributed by atoms with Crippen molar-refractivity contribution in [3.05, 3.63) is 21.7 Å². The van der Waals surface area contributed by atoms with Crippen molar-refractivity contribution >= 4 is 23.3 Å². The zero-order chi connectivity index (χ0) is 11.5. The van der Waals surface area contributed by atoms with Gasteiger partial charge in [-0.1, -0.05) is 0 Å². The molecule has 1 amide bonds. The van der Waals surface area contributed by atoms with Gasteiger partial charge in [0.1, 0.15) is 11.6 Å². The fourth-order valence-electron chi connectivity index (χ4n) is 1.23. The third-order valence-electron chi connectivity index (χ3n) is 2.21. The molecule has 1 saturated carbocycles. The van der Waals surface area contributed by atoms with Crippen molar-refractivity contribution in [2.45, 2.75) is 25.8 Å². The molecule has 1 heterocycles. The van der Waals surface area contributed by atoms with E-state index in [2.05, 4.69) is 10.3 Å². The predicted molar refractivity (Wildman–Crippen MR) is 61.6 cm³/mol. The van der Waals surface area contributed by atoms with E-state index in [0.717, 1.165) is 17.8 Å². The number of hydrogen-bond acceptors (Lipinski definition) is 4. The Labute approximate surface area is 97.6 Å². The van der Waals surface area contributed by atoms with Gasteiger partial charge < -0.3 is 5.32 Å². The molecule has 0 aliphatic heterocycles. The first-order valence-corrected chi connectivity index (χ1v) is 5.92. The third kappa shape index (κ3) is 2.67. The number of nitrogens with zero attached hydrogens (tertiary/aromatic N) is 2. The van der Waals surface area contributed by atoms with E-state index in [1.165, 1.54) is 17.4 Å². The van der Waals surface area contributed by atoms with E-state index in [9.17, 15) is 4.79 Å². The SMILES string of the molecule is Cc1nc(/C=C(\C#N)C(=O)NC2CC2)cs1. The molecule has 1 N–H and O–H groups in total. The standard InChI is InChI=1S/C11H11N3OS/c1-7-13-10(6-16-7)4-8(5-12)11(15)14-9-2-3-9/h4,6,9H,2-3H2,1H3,(H,14,15)/b8-4+. The molecule has 16 heavy (non-hydrogen) atoms. The highest BCUT2D eigenvalue weighted by atomic mass is 32.1. The van der Waals surface area contributed by atoms with Crippen LogP contribution in [0.5, 0.6) is 0 Å². The minimum Gasteiger partial charge on any atom is -0.349 e. The highest BCUT2D eigenvalue weighted by Gasteiger charge is 2.24. The van der Waals surface area contributed by atoms with Gasteiger partial charge in [-0.2, -0.15) is 5.26 Å². The highest BCUT2D eigenvalue weighted by Crippen LogP contribution is 2.19. The molecule has 0 radical (unpaired) electrons. The fourth-order valence-corrected chi connectivity index (χ4v) is 1.80. The molecule has 1 aromatic heterocycles. The van der Waals surface area contributed by atoms with Gasteiger partial charge in [-0.15, -0.1) is 11.3 Å². The summed E-state index contributed by atoms with van der Waals surface area (Å²) in [7, 11) is 0. The van der Waals surface area contributed by atoms with Gasteiger partial charge in [0.15, 0.2) is 0 Å². The maximum atomic E-state index is 11.6. The molecule has 1 aromatic rings. The second kappa shape index (κ2) is 4.45. The molecular formula is C11H11N3OS. The quantitative estimate of drug-likeness (QED) is 0.637. The molecule has 0 aromatic carbocycles. The number of carbonyl (C=O) groups excluding carboxylic acids is 1. The van der Waals surface area contributed by atoms with Crippen LogP contribution in [-0.2, 0) is 4.79 Å². The minimum atomic E-state index is -0.296. The zero-order valence-electron chi connectivity index (χ0n) is 8.86. The van der Waals surface area contributed by atoms with Crippen LogP contribution in [0.4, 0.5) is 0 Å². The van der Waals surface area contributed by atoms with E-state index < -0.39 is 0 Å². The van der Waals surface area contributed by atoms with E-state index in [4.69, 9.17) is 5.26 Å². The van der Waals surface area contributed by atoms with Crippen LogP contribution in [0.2, 0.25) is 0 Å². The summed E-state index contributed by atoms with van der Waals surface area (Å²) in [5.41, 5.74) is 0.794. The maximum Gasteiger partial charge on any atom is 0.262 e. The number of aromatic nitrogens is 1. The third-order valence-corrected chi connectivity index (χ3v) is 3.00. The van der Waals surface area contributed by atoms with Crippen LogP contribution >= 0.6 is 11.3 Å². The van der Waals surface area contributed by atoms with Gasteiger partial charge in [-0.3, -0.25) is 4.79 Å². The van der Waals surface area contributed by atoms with Gasteiger partial charge in [0, 0.05) is 11.4 Å². The van der Waals surface area contributed by atoms with Crippen molar-refractivity contribution < 1.29 is 4.79 Å². The summed E-state index contributed by atoms with van der Waals surface area (Å²) in [6.07, 6.45) is 3.56. The molecule has 0 bridgehead atoms. The molecule has 0 unspecified atom stereocenters. The van der Waals surface area contributed by atoms with Crippen molar-refractivity contribution in [3.8, 4) is 6.07 Å². The lowest BCUT2D eigenvalue weighted by atomic mass is 10.2. The van der Waals surface area contributed by atoms with Gasteiger partial charge in [-0.25, -0.2) is 4.98 Å². The average Bonchev–Trinajstić information content (AvgIpc) is 2.97. The Morgan fingerprint density at radius 3 is 3.00 bits per heavy atom. The molecule has 1 fully saturated rings. The summed E-state index contributed by atoms with van der Waals surface area (Å²) in [4.78, 5) is 15.8. The summed E-state index contributed by atoms with van der Waals surface area (Å²) in [6, 6.07) is 2.17. The number of hydrogen-bond donors (Lipinski definition) is 1. The summed E-state index contributed by atoms with van der Waals surface area (Å²) in [6.45, 7) is 1.89. The predicted octanol–water partition coefficient (Wildman–Crippen LogP) is 1.64. The molecule has 0 saturated heterocycles. The lowest BCUT2D eigenvalue weighted by Gasteiger charge is -1.99. The molecular weight excluding hydrogens is 222 g/mol. The first-order valence-electron chi connectivity index (χ1n) is 5.04. The number of amides is 1. The Bertz CT molecular complexity index is 480. The Morgan fingerprint density at radius 2 is 2.50 bits per heavy atom. The van der Waals surface area contributed by atoms with E-state index >= 15 is 0 Å². The van der Waals surface area contributed by atoms with E-state index in [1.54, 1.807) is 0 Å². The van der Waals surface area contributed by atoms with Crippen LogP contribution < -0.4 is 5.32 Å². The second-order valence-electron chi connectivity index (χ2n) is 3.71. The molecule has 2 rings (SSSR count). The maximum absolute atomic E-state index is 11.6. The Balaban J connectivity index is 2.11. The van der Waals surface area contributed by atoms with Gasteiger partial charge >= 0.3 is 0 Å². The second-order valence-corrected chi connectivity index (χ2v) is 4.77. The Hall–Kier alpha value is -1.67. The van der Waals surface area contributed by atoms with Gasteiger partial charge in [0.2, 0.25) is 0 Å². The summed E-state index contributed by atoms with van der Waals surface area (Å²) in [5, 5.41) is 14.4. The van der Waals surface area contributed by atoms with Crippen molar-refractivity contribution in [1.29, 1.82) is 5.26 Å². The minimum absolute atomic E-state index is 0.122. The number of rotatable bonds is 3. The first kappa shape index (κ1) is 10.8. The largest absolute Gasteiger partial charge is 0.349 e. The van der Waals surface area contributed by atoms with E-state index in [1.807, 2.05) is 18.4 Å². The van der Waals surface area contributed by atoms with Gasteiger partial charge in [0.25, 0.3) is 5.91 Å². The van der Waals surface area contributed by atoms with Crippen LogP contribution in [0.3, 0.4) is 0 Å². The van der Waals surface area contributed by atoms with Crippen LogP contribution in [0, 0.1) is 18.3 Å². The first-order chi connectivity index (χ1) is 7.69. The van der Waals surface area contributed by atoms with Crippen LogP contribution in [0.25, 0.3) is 6.08 Å². The van der Waals surface area contributed by atoms with Crippen molar-refractivity contribution in [1.82, 2.24) is 10.3 Å². The topological polar surface area (TPSA) is 65.8 Å². The molecule has 0 spiro atoms. The molecule has 4 nitrogen and oxygen atoms in total. The number of aryl methyl sites for hydroxylation is 1. The zero-order valence-corrected chi connectivity index (χ0v) is 9.67. The van der Waals surface area contributed by atoms with Crippen molar-refractivity contribution in [2.75, 3.05) is 0 Å². The fraction of sp³-hybridized carbons (Fsp3) is 0.364. The molecule has 1 aliphatic carbocycles. The molecule has 5 heteroatoms. The smallest absolute Gasteiger partial charge is 0.262 e. The Kier molecular flexibility index (Phi) is 3.02. The molecule has 82 valence electrons. The number of thiazole rings is 1. The van der Waals surface area contributed by atoms with Crippen molar-refractivity contribution in [2.24, 2.45) is 0 Å². The van der Waals surface area contributed by atoms with Gasteiger partial charge in [0.05, 0.1) is 10.7 Å². The van der Waals surface area contributed by atoms with Gasteiger partial charge in [-0.05, 0) is 25.8 Å². The Morgan fingerprint density at radius 1 is 1.75 bits per heavy atom. The number of nitriles is 1. The highest BCUT2D eigenvalue weighted by molar-refractivity contribution is 7.09. The summed E-state index contributed by atoms with van der Waals surface area (Å²) in [5.74, 6) is -0.296. The number of carbonyl (C=O) groups is 1. The molecule has 1 aliphatic rings. The average molecular weight is 233 g/mol. The van der Waals surface area contributed by atoms with Crippen molar-refractivity contribution in [3.63, 3.8) is 0 Å². The monoisotopic (exact) mass is 233 g/mol. The normalized spacial score (nSPS) is 15.6. The molecule has 0 atom stereocenters. The summed E-state index contributed by atoms with van der Waals surface area (Å²) < 4.78 is 0. The summed E-state index contributed by atoms with van der Waals surface area (Å²) >= 11 is 1.50. The van der Waals surface area contributed by atoms with E-state index in [-0.39, 0.29) is 17.5 Å².